The lowest BCUT2D eigenvalue weighted by molar-refractivity contribution is -0.00932. The molecule has 3 aromatic rings. The molecule has 0 N–H and O–H groups in total. The summed E-state index contributed by atoms with van der Waals surface area (Å²) in [5.41, 5.74) is 1.98. The quantitative estimate of drug-likeness (QED) is 0.619. The van der Waals surface area contributed by atoms with Crippen molar-refractivity contribution in [3.8, 4) is 11.4 Å². The summed E-state index contributed by atoms with van der Waals surface area (Å²) in [6, 6.07) is 12.8. The highest BCUT2D eigenvalue weighted by atomic mass is 35.5. The number of pyridine rings is 1. The van der Waals surface area contributed by atoms with Gasteiger partial charge in [-0.3, -0.25) is 9.59 Å². The van der Waals surface area contributed by atoms with Gasteiger partial charge in [0.1, 0.15) is 5.75 Å². The fraction of sp³-hybridized carbons (Fsp3) is 0.273. The molecule has 0 saturated carbocycles. The largest absolute Gasteiger partial charge is 0.479 e. The molecule has 0 unspecified atom stereocenters. The maximum Gasteiger partial charge on any atom is 0.255 e. The predicted molar refractivity (Wildman–Crippen MR) is 110 cm³/mol. The van der Waals surface area contributed by atoms with Crippen molar-refractivity contribution < 1.29 is 9.53 Å². The van der Waals surface area contributed by atoms with Crippen molar-refractivity contribution in [2.75, 3.05) is 13.1 Å². The van der Waals surface area contributed by atoms with Crippen molar-refractivity contribution in [3.63, 3.8) is 0 Å². The molecule has 1 amide bonds. The van der Waals surface area contributed by atoms with Gasteiger partial charge in [-0.15, -0.1) is 0 Å². The number of ether oxygens (including phenoxy) is 1. The second-order valence-corrected chi connectivity index (χ2v) is 8.07. The van der Waals surface area contributed by atoms with E-state index in [1.807, 2.05) is 35.4 Å². The van der Waals surface area contributed by atoms with Crippen LogP contribution in [0.2, 0.25) is 5.02 Å². The number of hydrogen-bond donors (Lipinski definition) is 0. The lowest BCUT2D eigenvalue weighted by atomic mass is 9.86. The monoisotopic (exact) mass is 409 g/mol. The Kier molecular flexibility index (Phi) is 4.06. The van der Waals surface area contributed by atoms with Crippen LogP contribution in [0.4, 0.5) is 0 Å². The fourth-order valence-corrected chi connectivity index (χ4v) is 4.49. The molecule has 29 heavy (non-hydrogen) atoms. The summed E-state index contributed by atoms with van der Waals surface area (Å²) in [7, 11) is 1.65. The van der Waals surface area contributed by atoms with E-state index in [1.54, 1.807) is 19.3 Å². The van der Waals surface area contributed by atoms with Gasteiger partial charge in [0.05, 0.1) is 16.9 Å². The Bertz CT molecular complexity index is 1170. The number of carbonyl (C=O) groups is 1. The van der Waals surface area contributed by atoms with Crippen molar-refractivity contribution in [1.82, 2.24) is 14.0 Å². The Morgan fingerprint density at radius 1 is 1.14 bits per heavy atom. The summed E-state index contributed by atoms with van der Waals surface area (Å²) in [4.78, 5) is 26.3. The molecule has 0 atom stereocenters. The van der Waals surface area contributed by atoms with Crippen LogP contribution in [0.1, 0.15) is 28.9 Å². The fourth-order valence-electron chi connectivity index (χ4n) is 4.33. The molecular formula is C22H20ClN3O3. The number of halogens is 1. The third-order valence-corrected chi connectivity index (χ3v) is 6.13. The van der Waals surface area contributed by atoms with Crippen molar-refractivity contribution in [2.45, 2.75) is 18.4 Å². The van der Waals surface area contributed by atoms with Crippen LogP contribution in [0, 0.1) is 0 Å². The summed E-state index contributed by atoms with van der Waals surface area (Å²) < 4.78 is 10.1. The molecule has 1 spiro atoms. The van der Waals surface area contributed by atoms with E-state index in [1.165, 1.54) is 10.6 Å². The molecule has 1 saturated heterocycles. The Morgan fingerprint density at radius 3 is 2.69 bits per heavy atom. The Balaban J connectivity index is 1.42. The number of hydrogen-bond acceptors (Lipinski definition) is 3. The zero-order chi connectivity index (χ0) is 20.2. The smallest absolute Gasteiger partial charge is 0.255 e. The van der Waals surface area contributed by atoms with Gasteiger partial charge in [0.25, 0.3) is 5.91 Å². The third-order valence-electron chi connectivity index (χ3n) is 5.89. The van der Waals surface area contributed by atoms with Crippen LogP contribution in [-0.4, -0.2) is 33.0 Å². The summed E-state index contributed by atoms with van der Waals surface area (Å²) in [6.45, 7) is 1.14. The molecule has 7 heteroatoms. The van der Waals surface area contributed by atoms with Gasteiger partial charge in [0, 0.05) is 62.5 Å². The highest BCUT2D eigenvalue weighted by molar-refractivity contribution is 6.30. The molecule has 2 aliphatic rings. The van der Waals surface area contributed by atoms with Crippen LogP contribution < -0.4 is 10.3 Å². The van der Waals surface area contributed by atoms with Crippen molar-refractivity contribution in [1.29, 1.82) is 0 Å². The number of aromatic nitrogens is 2. The van der Waals surface area contributed by atoms with E-state index < -0.39 is 5.60 Å². The van der Waals surface area contributed by atoms with E-state index >= 15 is 0 Å². The van der Waals surface area contributed by atoms with Gasteiger partial charge in [0.2, 0.25) is 5.56 Å². The van der Waals surface area contributed by atoms with Gasteiger partial charge < -0.3 is 18.8 Å². The molecule has 2 aromatic heterocycles. The summed E-state index contributed by atoms with van der Waals surface area (Å²) in [5.74, 6) is 0.698. The average molecular weight is 410 g/mol. The number of benzene rings is 1. The van der Waals surface area contributed by atoms with Crippen molar-refractivity contribution >= 4 is 17.5 Å². The van der Waals surface area contributed by atoms with Crippen molar-refractivity contribution in [3.05, 3.63) is 81.5 Å². The number of rotatable bonds is 1. The van der Waals surface area contributed by atoms with Crippen LogP contribution in [0.3, 0.4) is 0 Å². The topological polar surface area (TPSA) is 56.5 Å². The number of aryl methyl sites for hydroxylation is 1. The SMILES string of the molecule is Cn1cc(C(=O)N2CCC3(CC2)Oc2cc(Cl)ccc2-n2cccc23)ccc1=O. The number of piperidine rings is 1. The molecule has 6 nitrogen and oxygen atoms in total. The number of fused-ring (bicyclic) bond motifs is 4. The molecule has 148 valence electrons. The van der Waals surface area contributed by atoms with E-state index in [4.69, 9.17) is 16.3 Å². The molecule has 5 rings (SSSR count). The molecule has 1 fully saturated rings. The van der Waals surface area contributed by atoms with Crippen LogP contribution in [0.5, 0.6) is 5.75 Å². The van der Waals surface area contributed by atoms with Crippen LogP contribution in [-0.2, 0) is 12.6 Å². The maximum absolute atomic E-state index is 12.9. The first kappa shape index (κ1) is 18.1. The van der Waals surface area contributed by atoms with Gasteiger partial charge >= 0.3 is 0 Å². The van der Waals surface area contributed by atoms with E-state index in [9.17, 15) is 9.59 Å². The third kappa shape index (κ3) is 2.86. The van der Waals surface area contributed by atoms with E-state index in [2.05, 4.69) is 10.6 Å². The minimum atomic E-state index is -0.485. The normalized spacial score (nSPS) is 16.8. The van der Waals surface area contributed by atoms with Gasteiger partial charge in [-0.25, -0.2) is 0 Å². The molecular weight excluding hydrogens is 390 g/mol. The second-order valence-electron chi connectivity index (χ2n) is 7.63. The molecule has 1 aromatic carbocycles. The first-order valence-electron chi connectivity index (χ1n) is 9.60. The van der Waals surface area contributed by atoms with Gasteiger partial charge in [-0.2, -0.15) is 0 Å². The lowest BCUT2D eigenvalue weighted by Crippen LogP contribution is -2.50. The molecule has 0 aliphatic carbocycles. The highest BCUT2D eigenvalue weighted by Crippen LogP contribution is 2.45. The molecule has 4 heterocycles. The Hall–Kier alpha value is -2.99. The van der Waals surface area contributed by atoms with Crippen molar-refractivity contribution in [2.24, 2.45) is 7.05 Å². The van der Waals surface area contributed by atoms with Crippen LogP contribution >= 0.6 is 11.6 Å². The molecule has 0 bridgehead atoms. The van der Waals surface area contributed by atoms with Gasteiger partial charge in [-0.05, 0) is 30.3 Å². The maximum atomic E-state index is 12.9. The summed E-state index contributed by atoms with van der Waals surface area (Å²) >= 11 is 6.20. The first-order chi connectivity index (χ1) is 14.0. The van der Waals surface area contributed by atoms with Gasteiger partial charge in [-0.1, -0.05) is 11.6 Å². The van der Waals surface area contributed by atoms with Crippen LogP contribution in [0.25, 0.3) is 5.69 Å². The Morgan fingerprint density at radius 2 is 1.93 bits per heavy atom. The zero-order valence-corrected chi connectivity index (χ0v) is 16.7. The first-order valence-corrected chi connectivity index (χ1v) is 9.97. The lowest BCUT2D eigenvalue weighted by Gasteiger charge is -2.45. The number of likely N-dealkylation sites (tertiary alicyclic amines) is 1. The standard InChI is InChI=1S/C22H20ClN3O3/c1-24-14-15(4-7-20(24)27)21(28)25-11-8-22(9-12-25)19-3-2-10-26(19)17-6-5-16(23)13-18(17)29-22/h2-7,10,13-14H,8-9,11-12H2,1H3. The minimum Gasteiger partial charge on any atom is -0.479 e. The summed E-state index contributed by atoms with van der Waals surface area (Å²) in [6.07, 6.45) is 4.99. The minimum absolute atomic E-state index is 0.0647. The number of carbonyl (C=O) groups excluding carboxylic acids is 1. The van der Waals surface area contributed by atoms with E-state index in [-0.39, 0.29) is 11.5 Å². The molecule has 2 aliphatic heterocycles. The predicted octanol–water partition coefficient (Wildman–Crippen LogP) is 3.35. The molecule has 0 radical (unpaired) electrons. The number of amides is 1. The van der Waals surface area contributed by atoms with E-state index in [0.717, 1.165) is 17.1 Å². The number of nitrogens with zero attached hydrogens (tertiary/aromatic N) is 3. The second kappa shape index (κ2) is 6.52. The average Bonchev–Trinajstić information content (AvgIpc) is 3.21. The van der Waals surface area contributed by atoms with Crippen LogP contribution in [0.15, 0.2) is 59.7 Å². The zero-order valence-electron chi connectivity index (χ0n) is 16.0. The van der Waals surface area contributed by atoms with E-state index in [0.29, 0.717) is 36.5 Å². The Labute approximate surface area is 172 Å². The summed E-state index contributed by atoms with van der Waals surface area (Å²) in [5, 5.41) is 0.636. The van der Waals surface area contributed by atoms with Gasteiger partial charge in [0.15, 0.2) is 5.60 Å². The highest BCUT2D eigenvalue weighted by Gasteiger charge is 2.44.